The first-order valence-electron chi connectivity index (χ1n) is 8.81. The first-order valence-corrected chi connectivity index (χ1v) is 8.81. The Bertz CT molecular complexity index is 895. The van der Waals surface area contributed by atoms with Gasteiger partial charge in [0.15, 0.2) is 0 Å². The van der Waals surface area contributed by atoms with Gasteiger partial charge in [0.25, 0.3) is 0 Å². The molecule has 134 valence electrons. The normalized spacial score (nSPS) is 20.0. The molecule has 1 amide bonds. The molecule has 1 N–H and O–H groups in total. The Balaban J connectivity index is 1.35. The lowest BCUT2D eigenvalue weighted by atomic mass is 10.0. The van der Waals surface area contributed by atoms with Gasteiger partial charge in [-0.25, -0.2) is 4.98 Å². The minimum Gasteiger partial charge on any atom is -0.391 e. The number of carbonyl (C=O) groups is 1. The zero-order valence-corrected chi connectivity index (χ0v) is 14.4. The first-order chi connectivity index (χ1) is 12.7. The topological polar surface area (TPSA) is 84.1 Å². The van der Waals surface area contributed by atoms with Crippen LogP contribution >= 0.6 is 0 Å². The molecule has 1 aliphatic heterocycles. The van der Waals surface area contributed by atoms with Crippen LogP contribution in [0.4, 0.5) is 0 Å². The first kappa shape index (κ1) is 16.7. The van der Waals surface area contributed by atoms with Crippen LogP contribution in [0.25, 0.3) is 11.0 Å². The molecule has 1 aliphatic rings. The number of amides is 1. The average molecular weight is 351 g/mol. The number of aryl methyl sites for hydroxylation is 1. The van der Waals surface area contributed by atoms with Crippen LogP contribution in [-0.4, -0.2) is 54.6 Å². The van der Waals surface area contributed by atoms with Crippen molar-refractivity contribution in [1.29, 1.82) is 0 Å². The monoisotopic (exact) mass is 351 g/mol. The van der Waals surface area contributed by atoms with Crippen molar-refractivity contribution in [2.75, 3.05) is 13.1 Å². The van der Waals surface area contributed by atoms with Crippen molar-refractivity contribution in [3.63, 3.8) is 0 Å². The maximum absolute atomic E-state index is 12.6. The van der Waals surface area contributed by atoms with Crippen LogP contribution in [0.3, 0.4) is 0 Å². The van der Waals surface area contributed by atoms with Crippen LogP contribution in [0.1, 0.15) is 12.1 Å². The molecular formula is C19H21N5O2. The molecule has 0 bridgehead atoms. The van der Waals surface area contributed by atoms with E-state index in [9.17, 15) is 9.90 Å². The Morgan fingerprint density at radius 3 is 2.92 bits per heavy atom. The van der Waals surface area contributed by atoms with Gasteiger partial charge >= 0.3 is 0 Å². The van der Waals surface area contributed by atoms with Crippen molar-refractivity contribution in [1.82, 2.24) is 24.4 Å². The zero-order valence-electron chi connectivity index (χ0n) is 14.4. The summed E-state index contributed by atoms with van der Waals surface area (Å²) in [5.74, 6) is 0.0632. The van der Waals surface area contributed by atoms with E-state index in [0.717, 1.165) is 16.7 Å². The van der Waals surface area contributed by atoms with Gasteiger partial charge in [0.2, 0.25) is 5.91 Å². The van der Waals surface area contributed by atoms with E-state index >= 15 is 0 Å². The lowest BCUT2D eigenvalue weighted by molar-refractivity contribution is -0.130. The number of hydrogen-bond acceptors (Lipinski definition) is 5. The molecule has 2 atom stereocenters. The second-order valence-electron chi connectivity index (χ2n) is 6.70. The molecule has 0 radical (unpaired) electrons. The fourth-order valence-corrected chi connectivity index (χ4v) is 3.53. The Kier molecular flexibility index (Phi) is 4.62. The van der Waals surface area contributed by atoms with E-state index in [1.165, 1.54) is 0 Å². The molecule has 3 heterocycles. The SMILES string of the molecule is O=C(CCn1cnc2ccccc21)N1C[C@@H](Cc2cnccn2)[C@H](O)C1. The van der Waals surface area contributed by atoms with Crippen molar-refractivity contribution >= 4 is 16.9 Å². The summed E-state index contributed by atoms with van der Waals surface area (Å²) in [6.45, 7) is 1.52. The van der Waals surface area contributed by atoms with Gasteiger partial charge in [-0.3, -0.25) is 14.8 Å². The molecule has 0 spiro atoms. The summed E-state index contributed by atoms with van der Waals surface area (Å²) >= 11 is 0. The molecule has 0 unspecified atom stereocenters. The predicted molar refractivity (Wildman–Crippen MR) is 96.2 cm³/mol. The van der Waals surface area contributed by atoms with Crippen molar-refractivity contribution in [3.05, 3.63) is 54.9 Å². The predicted octanol–water partition coefficient (Wildman–Crippen LogP) is 1.28. The third kappa shape index (κ3) is 3.43. The lowest BCUT2D eigenvalue weighted by Crippen LogP contribution is -2.30. The number of aliphatic hydroxyl groups is 1. The highest BCUT2D eigenvalue weighted by Gasteiger charge is 2.34. The highest BCUT2D eigenvalue weighted by Crippen LogP contribution is 2.21. The second kappa shape index (κ2) is 7.21. The Morgan fingerprint density at radius 2 is 2.08 bits per heavy atom. The number of fused-ring (bicyclic) bond motifs is 1. The molecule has 0 aliphatic carbocycles. The Hall–Kier alpha value is -2.80. The number of aromatic nitrogens is 4. The lowest BCUT2D eigenvalue weighted by Gasteiger charge is -2.16. The van der Waals surface area contributed by atoms with Crippen LogP contribution in [-0.2, 0) is 17.8 Å². The molecular weight excluding hydrogens is 330 g/mol. The second-order valence-corrected chi connectivity index (χ2v) is 6.70. The Labute approximate surface area is 151 Å². The number of imidazole rings is 1. The number of benzene rings is 1. The fraction of sp³-hybridized carbons (Fsp3) is 0.368. The number of rotatable bonds is 5. The molecule has 7 heteroatoms. The molecule has 1 saturated heterocycles. The summed E-state index contributed by atoms with van der Waals surface area (Å²) in [7, 11) is 0. The van der Waals surface area contributed by atoms with Gasteiger partial charge in [-0.1, -0.05) is 12.1 Å². The summed E-state index contributed by atoms with van der Waals surface area (Å²) in [5.41, 5.74) is 2.80. The largest absolute Gasteiger partial charge is 0.391 e. The van der Waals surface area contributed by atoms with Crippen LogP contribution in [0, 0.1) is 5.92 Å². The summed E-state index contributed by atoms with van der Waals surface area (Å²) in [6, 6.07) is 7.88. The molecule has 4 rings (SSSR count). The fourth-order valence-electron chi connectivity index (χ4n) is 3.53. The van der Waals surface area contributed by atoms with Crippen molar-refractivity contribution in [2.24, 2.45) is 5.92 Å². The van der Waals surface area contributed by atoms with Gasteiger partial charge in [-0.05, 0) is 18.6 Å². The number of para-hydroxylation sites is 2. The minimum absolute atomic E-state index is 0.00438. The maximum atomic E-state index is 12.6. The van der Waals surface area contributed by atoms with Gasteiger partial charge in [0.05, 0.1) is 29.2 Å². The smallest absolute Gasteiger partial charge is 0.224 e. The number of carbonyl (C=O) groups excluding carboxylic acids is 1. The molecule has 26 heavy (non-hydrogen) atoms. The molecule has 1 aromatic carbocycles. The molecule has 7 nitrogen and oxygen atoms in total. The number of likely N-dealkylation sites (tertiary alicyclic amines) is 1. The van der Waals surface area contributed by atoms with Crippen LogP contribution in [0.15, 0.2) is 49.2 Å². The van der Waals surface area contributed by atoms with Gasteiger partial charge < -0.3 is 14.6 Å². The summed E-state index contributed by atoms with van der Waals surface area (Å²) < 4.78 is 2.00. The van der Waals surface area contributed by atoms with E-state index in [0.29, 0.717) is 32.5 Å². The number of nitrogens with zero attached hydrogens (tertiary/aromatic N) is 5. The highest BCUT2D eigenvalue weighted by atomic mass is 16.3. The quantitative estimate of drug-likeness (QED) is 0.748. The molecule has 3 aromatic rings. The summed E-state index contributed by atoms with van der Waals surface area (Å²) in [6.07, 6.45) is 7.26. The minimum atomic E-state index is -0.518. The third-order valence-electron chi connectivity index (χ3n) is 4.94. The number of β-amino-alcohol motifs (C(OH)–C–C–N with tert-alkyl or cyclic N) is 1. The third-order valence-corrected chi connectivity index (χ3v) is 4.94. The molecule has 2 aromatic heterocycles. The van der Waals surface area contributed by atoms with Crippen LogP contribution < -0.4 is 0 Å². The van der Waals surface area contributed by atoms with E-state index in [1.807, 2.05) is 28.8 Å². The van der Waals surface area contributed by atoms with Gasteiger partial charge in [-0.2, -0.15) is 0 Å². The van der Waals surface area contributed by atoms with Gasteiger partial charge in [0, 0.05) is 50.6 Å². The van der Waals surface area contributed by atoms with Crippen molar-refractivity contribution < 1.29 is 9.90 Å². The number of aliphatic hydroxyl groups excluding tert-OH is 1. The average Bonchev–Trinajstić information content (AvgIpc) is 3.24. The van der Waals surface area contributed by atoms with Crippen molar-refractivity contribution in [2.45, 2.75) is 25.5 Å². The highest BCUT2D eigenvalue weighted by molar-refractivity contribution is 5.78. The van der Waals surface area contributed by atoms with E-state index < -0.39 is 6.10 Å². The van der Waals surface area contributed by atoms with Crippen molar-refractivity contribution in [3.8, 4) is 0 Å². The summed E-state index contributed by atoms with van der Waals surface area (Å²) in [4.78, 5) is 27.0. The van der Waals surface area contributed by atoms with E-state index in [-0.39, 0.29) is 11.8 Å². The number of hydrogen-bond donors (Lipinski definition) is 1. The van der Waals surface area contributed by atoms with Crippen LogP contribution in [0.2, 0.25) is 0 Å². The van der Waals surface area contributed by atoms with Gasteiger partial charge in [-0.15, -0.1) is 0 Å². The standard InChI is InChI=1S/C19H21N5O2/c25-18-12-24(11-14(18)9-15-10-20-6-7-21-15)19(26)5-8-23-13-22-16-3-1-2-4-17(16)23/h1-4,6-7,10,13-14,18,25H,5,8-9,11-12H2/t14-,18-/m1/s1. The van der Waals surface area contributed by atoms with E-state index in [1.54, 1.807) is 29.8 Å². The maximum Gasteiger partial charge on any atom is 0.224 e. The van der Waals surface area contributed by atoms with Gasteiger partial charge in [0.1, 0.15) is 0 Å². The molecule has 1 fully saturated rings. The Morgan fingerprint density at radius 1 is 1.19 bits per heavy atom. The summed E-state index contributed by atoms with van der Waals surface area (Å²) in [5, 5.41) is 10.3. The zero-order chi connectivity index (χ0) is 17.9. The van der Waals surface area contributed by atoms with Crippen LogP contribution in [0.5, 0.6) is 0 Å². The molecule has 0 saturated carbocycles. The van der Waals surface area contributed by atoms with E-state index in [4.69, 9.17) is 0 Å². The van der Waals surface area contributed by atoms with E-state index in [2.05, 4.69) is 15.0 Å².